The molecule has 2 heterocycles. The highest BCUT2D eigenvalue weighted by Crippen LogP contribution is 2.29. The number of hydrogen-bond acceptors (Lipinski definition) is 4. The Kier molecular flexibility index (Phi) is 4.21. The zero-order chi connectivity index (χ0) is 13.9. The van der Waals surface area contributed by atoms with E-state index < -0.39 is 6.10 Å². The second-order valence-electron chi connectivity index (χ2n) is 5.23. The lowest BCUT2D eigenvalue weighted by Crippen LogP contribution is -2.44. The number of nitrogens with one attached hydrogen (secondary N) is 2. The number of hydrogen-bond donors (Lipinski definition) is 3. The van der Waals surface area contributed by atoms with Crippen molar-refractivity contribution in [3.63, 3.8) is 0 Å². The number of rotatable bonds is 4. The van der Waals surface area contributed by atoms with Crippen molar-refractivity contribution in [2.75, 3.05) is 32.7 Å². The number of aliphatic hydroxyl groups excluding tert-OH is 1. The van der Waals surface area contributed by atoms with Crippen LogP contribution < -0.4 is 5.32 Å². The summed E-state index contributed by atoms with van der Waals surface area (Å²) < 4.78 is 0. The van der Waals surface area contributed by atoms with Crippen molar-refractivity contribution in [1.82, 2.24) is 20.4 Å². The van der Waals surface area contributed by atoms with Crippen LogP contribution in [0.1, 0.15) is 18.1 Å². The topological polar surface area (TPSA) is 64.2 Å². The average Bonchev–Trinajstić information content (AvgIpc) is 2.92. The first-order chi connectivity index (χ1) is 9.74. The van der Waals surface area contributed by atoms with Crippen LogP contribution in [0.15, 0.2) is 18.3 Å². The maximum Gasteiger partial charge on any atom is 0.0816 e. The Bertz CT molecular complexity index is 580. The fourth-order valence-corrected chi connectivity index (χ4v) is 2.92. The molecule has 1 aromatic heterocycles. The maximum atomic E-state index is 10.4. The van der Waals surface area contributed by atoms with Gasteiger partial charge in [-0.2, -0.15) is 5.10 Å². The number of piperazine rings is 1. The minimum absolute atomic E-state index is 0.531. The van der Waals surface area contributed by atoms with Crippen molar-refractivity contribution in [2.24, 2.45) is 0 Å². The Morgan fingerprint density at radius 2 is 2.15 bits per heavy atom. The highest BCUT2D eigenvalue weighted by Gasteiger charge is 2.16. The number of aromatic amines is 1. The van der Waals surface area contributed by atoms with Crippen LogP contribution in [0.2, 0.25) is 5.02 Å². The van der Waals surface area contributed by atoms with Crippen LogP contribution in [0, 0.1) is 0 Å². The molecule has 3 rings (SSSR count). The molecule has 1 fully saturated rings. The first-order valence-corrected chi connectivity index (χ1v) is 7.35. The van der Waals surface area contributed by atoms with Gasteiger partial charge in [-0.25, -0.2) is 0 Å². The van der Waals surface area contributed by atoms with Gasteiger partial charge in [0.15, 0.2) is 0 Å². The summed E-state index contributed by atoms with van der Waals surface area (Å²) in [6, 6.07) is 3.75. The Morgan fingerprint density at radius 1 is 1.35 bits per heavy atom. The monoisotopic (exact) mass is 294 g/mol. The first kappa shape index (κ1) is 13.8. The fraction of sp³-hybridized carbons (Fsp3) is 0.500. The second-order valence-corrected chi connectivity index (χ2v) is 5.63. The number of benzene rings is 1. The van der Waals surface area contributed by atoms with Crippen molar-refractivity contribution < 1.29 is 5.11 Å². The zero-order valence-corrected chi connectivity index (χ0v) is 12.0. The summed E-state index contributed by atoms with van der Waals surface area (Å²) in [5, 5.41) is 22.1. The van der Waals surface area contributed by atoms with Gasteiger partial charge in [0.25, 0.3) is 0 Å². The van der Waals surface area contributed by atoms with E-state index in [2.05, 4.69) is 20.4 Å². The zero-order valence-electron chi connectivity index (χ0n) is 11.3. The van der Waals surface area contributed by atoms with Crippen molar-refractivity contribution in [2.45, 2.75) is 12.5 Å². The van der Waals surface area contributed by atoms with Gasteiger partial charge in [0, 0.05) is 43.1 Å². The molecule has 1 aliphatic heterocycles. The maximum absolute atomic E-state index is 10.4. The fourth-order valence-electron chi connectivity index (χ4n) is 2.63. The highest BCUT2D eigenvalue weighted by molar-refractivity contribution is 6.32. The molecule has 0 spiro atoms. The lowest BCUT2D eigenvalue weighted by molar-refractivity contribution is 0.137. The Hall–Kier alpha value is -1.14. The second kappa shape index (κ2) is 6.10. The van der Waals surface area contributed by atoms with Gasteiger partial charge >= 0.3 is 0 Å². The molecular weight excluding hydrogens is 276 g/mol. The first-order valence-electron chi connectivity index (χ1n) is 6.98. The Morgan fingerprint density at radius 3 is 2.95 bits per heavy atom. The van der Waals surface area contributed by atoms with Crippen LogP contribution in [0.5, 0.6) is 0 Å². The minimum Gasteiger partial charge on any atom is -0.388 e. The number of nitrogens with zero attached hydrogens (tertiary/aromatic N) is 2. The number of H-pyrrole nitrogens is 1. The van der Waals surface area contributed by atoms with Gasteiger partial charge in [0.1, 0.15) is 0 Å². The van der Waals surface area contributed by atoms with Gasteiger partial charge in [-0.3, -0.25) is 5.10 Å². The molecule has 108 valence electrons. The number of aromatic nitrogens is 2. The lowest BCUT2D eigenvalue weighted by Gasteiger charge is -2.28. The number of fused-ring (bicyclic) bond motifs is 1. The molecule has 0 radical (unpaired) electrons. The predicted octanol–water partition coefficient (Wildman–Crippen LogP) is 1.54. The quantitative estimate of drug-likeness (QED) is 0.800. The molecule has 2 aromatic rings. The van der Waals surface area contributed by atoms with E-state index >= 15 is 0 Å². The van der Waals surface area contributed by atoms with Gasteiger partial charge in [-0.1, -0.05) is 11.6 Å². The van der Waals surface area contributed by atoms with Crippen LogP contribution in [0.3, 0.4) is 0 Å². The van der Waals surface area contributed by atoms with E-state index in [1.54, 1.807) is 6.20 Å². The van der Waals surface area contributed by atoms with Crippen LogP contribution in [-0.4, -0.2) is 52.9 Å². The van der Waals surface area contributed by atoms with E-state index in [9.17, 15) is 5.11 Å². The van der Waals surface area contributed by atoms with Crippen LogP contribution in [0.25, 0.3) is 10.9 Å². The molecule has 0 saturated carbocycles. The summed E-state index contributed by atoms with van der Waals surface area (Å²) in [5.74, 6) is 0. The van der Waals surface area contributed by atoms with Crippen molar-refractivity contribution in [3.05, 3.63) is 28.9 Å². The van der Waals surface area contributed by atoms with Crippen LogP contribution in [0.4, 0.5) is 0 Å². The molecule has 1 saturated heterocycles. The van der Waals surface area contributed by atoms with Gasteiger partial charge in [0.05, 0.1) is 17.8 Å². The molecule has 3 N–H and O–H groups in total. The number of aliphatic hydroxyl groups is 1. The molecule has 1 aromatic carbocycles. The summed E-state index contributed by atoms with van der Waals surface area (Å²) in [4.78, 5) is 2.37. The SMILES string of the molecule is OC(CCN1CCNCC1)c1cc2cn[nH]c2cc1Cl. The summed E-state index contributed by atoms with van der Waals surface area (Å²) >= 11 is 6.25. The Balaban J connectivity index is 1.67. The van der Waals surface area contributed by atoms with Crippen LogP contribution >= 0.6 is 11.6 Å². The van der Waals surface area contributed by atoms with Crippen LogP contribution in [-0.2, 0) is 0 Å². The van der Waals surface area contributed by atoms with Gasteiger partial charge in [-0.15, -0.1) is 0 Å². The Labute approximate surface area is 122 Å². The highest BCUT2D eigenvalue weighted by atomic mass is 35.5. The van der Waals surface area contributed by atoms with Gasteiger partial charge < -0.3 is 15.3 Å². The molecule has 6 heteroatoms. The molecule has 0 aliphatic carbocycles. The molecule has 0 amide bonds. The van der Waals surface area contributed by atoms with E-state index in [-0.39, 0.29) is 0 Å². The summed E-state index contributed by atoms with van der Waals surface area (Å²) in [6.07, 6.45) is 1.91. The standard InChI is InChI=1S/C14H19ClN4O/c15-12-8-13-10(9-17-18-13)7-11(12)14(20)1-4-19-5-2-16-3-6-19/h7-9,14,16,20H,1-6H2,(H,17,18). The predicted molar refractivity (Wildman–Crippen MR) is 80.0 cm³/mol. The van der Waals surface area contributed by atoms with Gasteiger partial charge in [-0.05, 0) is 24.1 Å². The normalized spacial score (nSPS) is 18.5. The third-order valence-electron chi connectivity index (χ3n) is 3.84. The summed E-state index contributed by atoms with van der Waals surface area (Å²) in [6.45, 7) is 5.03. The van der Waals surface area contributed by atoms with E-state index in [1.165, 1.54) is 0 Å². The molecule has 1 aliphatic rings. The van der Waals surface area contributed by atoms with Crippen molar-refractivity contribution in [3.8, 4) is 0 Å². The molecule has 5 nitrogen and oxygen atoms in total. The molecule has 0 bridgehead atoms. The van der Waals surface area contributed by atoms with E-state index in [4.69, 9.17) is 11.6 Å². The largest absolute Gasteiger partial charge is 0.388 e. The van der Waals surface area contributed by atoms with E-state index in [1.807, 2.05) is 12.1 Å². The molecular formula is C14H19ClN4O. The third kappa shape index (κ3) is 2.96. The molecule has 1 unspecified atom stereocenters. The number of halogens is 1. The average molecular weight is 295 g/mol. The van der Waals surface area contributed by atoms with Crippen molar-refractivity contribution in [1.29, 1.82) is 0 Å². The lowest BCUT2D eigenvalue weighted by atomic mass is 10.0. The van der Waals surface area contributed by atoms with E-state index in [0.29, 0.717) is 11.4 Å². The summed E-state index contributed by atoms with van der Waals surface area (Å²) in [5.41, 5.74) is 1.68. The minimum atomic E-state index is -0.531. The van der Waals surface area contributed by atoms with Crippen molar-refractivity contribution >= 4 is 22.5 Å². The van der Waals surface area contributed by atoms with Gasteiger partial charge in [0.2, 0.25) is 0 Å². The molecule has 1 atom stereocenters. The third-order valence-corrected chi connectivity index (χ3v) is 4.17. The van der Waals surface area contributed by atoms with E-state index in [0.717, 1.165) is 49.2 Å². The smallest absolute Gasteiger partial charge is 0.0816 e. The molecule has 20 heavy (non-hydrogen) atoms. The summed E-state index contributed by atoms with van der Waals surface area (Å²) in [7, 11) is 0.